The number of amides is 1. The van der Waals surface area contributed by atoms with E-state index in [1.165, 1.54) is 18.4 Å². The Kier molecular flexibility index (Phi) is 2.43. The van der Waals surface area contributed by atoms with Crippen LogP contribution in [0.5, 0.6) is 0 Å². The van der Waals surface area contributed by atoms with E-state index in [1.807, 2.05) is 18.2 Å². The summed E-state index contributed by atoms with van der Waals surface area (Å²) in [6.07, 6.45) is 4.76. The lowest BCUT2D eigenvalue weighted by molar-refractivity contribution is -0.122. The zero-order valence-electron chi connectivity index (χ0n) is 9.36. The van der Waals surface area contributed by atoms with Gasteiger partial charge in [0.15, 0.2) is 0 Å². The van der Waals surface area contributed by atoms with Gasteiger partial charge in [-0.3, -0.25) is 4.79 Å². The van der Waals surface area contributed by atoms with Crippen molar-refractivity contribution in [3.8, 4) is 0 Å². The molecule has 2 aliphatic rings. The molecule has 1 aromatic rings. The van der Waals surface area contributed by atoms with Crippen LogP contribution in [0.25, 0.3) is 0 Å². The summed E-state index contributed by atoms with van der Waals surface area (Å²) in [5.74, 6) is 1.36. The molecule has 0 unspecified atom stereocenters. The highest BCUT2D eigenvalue weighted by molar-refractivity contribution is 5.81. The first-order valence-electron chi connectivity index (χ1n) is 6.18. The maximum Gasteiger partial charge on any atom is 0.223 e. The zero-order chi connectivity index (χ0) is 11.0. The van der Waals surface area contributed by atoms with E-state index in [0.29, 0.717) is 0 Å². The first-order chi connectivity index (χ1) is 7.83. The van der Waals surface area contributed by atoms with E-state index in [1.54, 1.807) is 0 Å². The molecule has 1 aliphatic carbocycles. The highest BCUT2D eigenvalue weighted by Gasteiger charge is 2.36. The number of rotatable bonds is 3. The van der Waals surface area contributed by atoms with Gasteiger partial charge in [0, 0.05) is 5.92 Å². The van der Waals surface area contributed by atoms with Crippen molar-refractivity contribution < 1.29 is 4.79 Å². The number of benzene rings is 1. The minimum atomic E-state index is 0.248. The van der Waals surface area contributed by atoms with Crippen molar-refractivity contribution in [1.29, 1.82) is 0 Å². The van der Waals surface area contributed by atoms with Gasteiger partial charge in [-0.2, -0.15) is 0 Å². The molecule has 3 rings (SSSR count). The van der Waals surface area contributed by atoms with E-state index < -0.39 is 0 Å². The average molecular weight is 215 g/mol. The average Bonchev–Trinajstić information content (AvgIpc) is 3.05. The summed E-state index contributed by atoms with van der Waals surface area (Å²) in [6, 6.07) is 10.5. The van der Waals surface area contributed by atoms with Crippen LogP contribution in [-0.4, -0.2) is 5.91 Å². The van der Waals surface area contributed by atoms with Crippen LogP contribution in [0.3, 0.4) is 0 Å². The van der Waals surface area contributed by atoms with Gasteiger partial charge in [0.05, 0.1) is 6.04 Å². The summed E-state index contributed by atoms with van der Waals surface area (Å²) in [7, 11) is 0. The molecule has 2 atom stereocenters. The zero-order valence-corrected chi connectivity index (χ0v) is 9.36. The third-order valence-electron chi connectivity index (χ3n) is 3.72. The van der Waals surface area contributed by atoms with Crippen LogP contribution in [0.15, 0.2) is 30.3 Å². The standard InChI is InChI=1S/C14H17NO/c16-14-12(8-10-6-7-10)9-13(15-14)11-4-2-1-3-5-11/h1-5,10,12-13H,6-9H2,(H,15,16)/t12-,13-/m0/s1. The SMILES string of the molecule is O=C1N[C@H](c2ccccc2)C[C@@H]1CC1CC1. The number of nitrogens with one attached hydrogen (secondary N) is 1. The maximum absolute atomic E-state index is 11.8. The Morgan fingerprint density at radius 1 is 1.19 bits per heavy atom. The van der Waals surface area contributed by atoms with E-state index in [-0.39, 0.29) is 17.9 Å². The molecule has 1 saturated carbocycles. The monoisotopic (exact) mass is 215 g/mol. The van der Waals surface area contributed by atoms with Gasteiger partial charge in [-0.25, -0.2) is 0 Å². The molecule has 1 aromatic carbocycles. The van der Waals surface area contributed by atoms with Crippen LogP contribution in [-0.2, 0) is 4.79 Å². The normalized spacial score (nSPS) is 29.1. The second-order valence-electron chi connectivity index (χ2n) is 5.08. The Balaban J connectivity index is 1.68. The molecular weight excluding hydrogens is 198 g/mol. The topological polar surface area (TPSA) is 29.1 Å². The van der Waals surface area contributed by atoms with Crippen LogP contribution < -0.4 is 5.32 Å². The fourth-order valence-electron chi connectivity index (χ4n) is 2.60. The number of carbonyl (C=O) groups excluding carboxylic acids is 1. The summed E-state index contributed by atoms with van der Waals surface area (Å²) in [5.41, 5.74) is 1.24. The predicted octanol–water partition coefficient (Wildman–Crippen LogP) is 2.66. The van der Waals surface area contributed by atoms with Gasteiger partial charge in [-0.05, 0) is 24.3 Å². The van der Waals surface area contributed by atoms with Crippen LogP contribution in [0.1, 0.15) is 37.3 Å². The van der Waals surface area contributed by atoms with Crippen LogP contribution in [0.2, 0.25) is 0 Å². The van der Waals surface area contributed by atoms with Gasteiger partial charge >= 0.3 is 0 Å². The Hall–Kier alpha value is -1.31. The lowest BCUT2D eigenvalue weighted by Crippen LogP contribution is -2.21. The Morgan fingerprint density at radius 2 is 1.94 bits per heavy atom. The summed E-state index contributed by atoms with van der Waals surface area (Å²) in [4.78, 5) is 11.8. The van der Waals surface area contributed by atoms with Crippen LogP contribution in [0.4, 0.5) is 0 Å². The molecule has 1 saturated heterocycles. The number of hydrogen-bond donors (Lipinski definition) is 1. The third kappa shape index (κ3) is 1.97. The first-order valence-corrected chi connectivity index (χ1v) is 6.18. The molecule has 0 spiro atoms. The fourth-order valence-corrected chi connectivity index (χ4v) is 2.60. The summed E-state index contributed by atoms with van der Waals surface area (Å²) in [6.45, 7) is 0. The van der Waals surface area contributed by atoms with Gasteiger partial charge in [-0.1, -0.05) is 43.2 Å². The molecule has 0 radical (unpaired) electrons. The fraction of sp³-hybridized carbons (Fsp3) is 0.500. The van der Waals surface area contributed by atoms with E-state index in [4.69, 9.17) is 0 Å². The van der Waals surface area contributed by atoms with Crippen molar-refractivity contribution in [1.82, 2.24) is 5.32 Å². The number of hydrogen-bond acceptors (Lipinski definition) is 1. The molecule has 1 aliphatic heterocycles. The molecule has 2 fully saturated rings. The van der Waals surface area contributed by atoms with Crippen LogP contribution in [0, 0.1) is 11.8 Å². The number of carbonyl (C=O) groups is 1. The van der Waals surface area contributed by atoms with Crippen molar-refractivity contribution in [2.75, 3.05) is 0 Å². The molecule has 2 nitrogen and oxygen atoms in total. The summed E-state index contributed by atoms with van der Waals surface area (Å²) >= 11 is 0. The van der Waals surface area contributed by atoms with Gasteiger partial charge in [-0.15, -0.1) is 0 Å². The van der Waals surface area contributed by atoms with Gasteiger partial charge < -0.3 is 5.32 Å². The smallest absolute Gasteiger partial charge is 0.223 e. The third-order valence-corrected chi connectivity index (χ3v) is 3.72. The second-order valence-corrected chi connectivity index (χ2v) is 5.08. The van der Waals surface area contributed by atoms with E-state index in [9.17, 15) is 4.79 Å². The second kappa shape index (κ2) is 3.93. The lowest BCUT2D eigenvalue weighted by atomic mass is 9.95. The Bertz CT molecular complexity index is 383. The molecule has 84 valence electrons. The van der Waals surface area contributed by atoms with Crippen molar-refractivity contribution in [2.45, 2.75) is 31.7 Å². The minimum absolute atomic E-state index is 0.248. The van der Waals surface area contributed by atoms with Crippen LogP contribution >= 0.6 is 0 Å². The van der Waals surface area contributed by atoms with Gasteiger partial charge in [0.1, 0.15) is 0 Å². The highest BCUT2D eigenvalue weighted by Crippen LogP contribution is 2.40. The van der Waals surface area contributed by atoms with E-state index in [2.05, 4.69) is 17.4 Å². The highest BCUT2D eigenvalue weighted by atomic mass is 16.2. The van der Waals surface area contributed by atoms with Gasteiger partial charge in [0.25, 0.3) is 0 Å². The molecule has 0 bridgehead atoms. The Morgan fingerprint density at radius 3 is 2.62 bits per heavy atom. The van der Waals surface area contributed by atoms with Crippen molar-refractivity contribution in [3.63, 3.8) is 0 Å². The van der Waals surface area contributed by atoms with E-state index in [0.717, 1.165) is 18.8 Å². The van der Waals surface area contributed by atoms with E-state index >= 15 is 0 Å². The lowest BCUT2D eigenvalue weighted by Gasteiger charge is -2.09. The van der Waals surface area contributed by atoms with Gasteiger partial charge in [0.2, 0.25) is 5.91 Å². The predicted molar refractivity (Wildman–Crippen MR) is 62.8 cm³/mol. The first kappa shape index (κ1) is 9.88. The molecule has 1 N–H and O–H groups in total. The minimum Gasteiger partial charge on any atom is -0.349 e. The van der Waals surface area contributed by atoms with Crippen molar-refractivity contribution in [2.24, 2.45) is 11.8 Å². The quantitative estimate of drug-likeness (QED) is 0.825. The summed E-state index contributed by atoms with van der Waals surface area (Å²) < 4.78 is 0. The Labute approximate surface area is 96.1 Å². The molecule has 16 heavy (non-hydrogen) atoms. The molecule has 0 aromatic heterocycles. The molecular formula is C14H17NO. The maximum atomic E-state index is 11.8. The van der Waals surface area contributed by atoms with Crippen molar-refractivity contribution >= 4 is 5.91 Å². The largest absolute Gasteiger partial charge is 0.349 e. The summed E-state index contributed by atoms with van der Waals surface area (Å²) in [5, 5.41) is 3.11. The molecule has 2 heteroatoms. The molecule has 1 heterocycles. The molecule has 1 amide bonds. The van der Waals surface area contributed by atoms with Crippen molar-refractivity contribution in [3.05, 3.63) is 35.9 Å².